The number of aromatic amines is 1. The van der Waals surface area contributed by atoms with Crippen molar-refractivity contribution in [1.82, 2.24) is 30.3 Å². The number of carbonyl (C=O) groups is 1. The van der Waals surface area contributed by atoms with Crippen LogP contribution >= 0.6 is 0 Å². The first-order valence-corrected chi connectivity index (χ1v) is 9.26. The summed E-state index contributed by atoms with van der Waals surface area (Å²) in [5, 5.41) is 18.6. The number of carbonyl (C=O) groups excluding carboxylic acids is 1. The molecule has 1 amide bonds. The normalized spacial score (nSPS) is 10.8. The lowest BCUT2D eigenvalue weighted by Crippen LogP contribution is -2.22. The maximum absolute atomic E-state index is 11.9. The number of benzene rings is 2. The number of hydrogen-bond acceptors (Lipinski definition) is 5. The van der Waals surface area contributed by atoms with Gasteiger partial charge in [-0.3, -0.25) is 9.89 Å². The van der Waals surface area contributed by atoms with Gasteiger partial charge in [-0.05, 0) is 31.2 Å². The lowest BCUT2D eigenvalue weighted by atomic mass is 10.1. The van der Waals surface area contributed by atoms with E-state index in [2.05, 4.69) is 37.5 Å². The van der Waals surface area contributed by atoms with Gasteiger partial charge in [0.1, 0.15) is 0 Å². The molecule has 0 aliphatic carbocycles. The first-order chi connectivity index (χ1) is 14.1. The number of fused-ring (bicyclic) bond motifs is 1. The Labute approximate surface area is 167 Å². The minimum atomic E-state index is -0.0954. The van der Waals surface area contributed by atoms with Crippen LogP contribution in [0.3, 0.4) is 0 Å². The average molecular weight is 387 g/mol. The van der Waals surface area contributed by atoms with Gasteiger partial charge >= 0.3 is 0 Å². The number of amides is 1. The highest BCUT2D eigenvalue weighted by molar-refractivity contribution is 5.95. The fraction of sp³-hybridized carbons (Fsp3) is 0.143. The van der Waals surface area contributed by atoms with E-state index in [1.165, 1.54) is 0 Å². The third kappa shape index (κ3) is 3.47. The second-order valence-electron chi connectivity index (χ2n) is 6.51. The molecule has 8 heteroatoms. The fourth-order valence-corrected chi connectivity index (χ4v) is 3.14. The Morgan fingerprint density at radius 3 is 2.76 bits per heavy atom. The lowest BCUT2D eigenvalue weighted by molar-refractivity contribution is 0.0956. The van der Waals surface area contributed by atoms with Crippen LogP contribution in [0.1, 0.15) is 22.8 Å². The maximum Gasteiger partial charge on any atom is 0.251 e. The van der Waals surface area contributed by atoms with E-state index < -0.39 is 0 Å². The van der Waals surface area contributed by atoms with E-state index in [1.54, 1.807) is 29.1 Å². The van der Waals surface area contributed by atoms with Crippen molar-refractivity contribution < 1.29 is 4.79 Å². The Bertz CT molecular complexity index is 1190. The molecule has 0 aliphatic heterocycles. The predicted molar refractivity (Wildman–Crippen MR) is 114 cm³/mol. The average Bonchev–Trinajstić information content (AvgIpc) is 3.35. The Hall–Kier alpha value is -3.94. The number of anilines is 2. The van der Waals surface area contributed by atoms with E-state index in [0.717, 1.165) is 27.7 Å². The van der Waals surface area contributed by atoms with Gasteiger partial charge in [-0.2, -0.15) is 10.1 Å². The zero-order valence-electron chi connectivity index (χ0n) is 16.2. The minimum Gasteiger partial charge on any atom is -0.352 e. The molecule has 2 heterocycles. The van der Waals surface area contributed by atoms with Crippen molar-refractivity contribution in [2.24, 2.45) is 7.05 Å². The summed E-state index contributed by atoms with van der Waals surface area (Å²) in [4.78, 5) is 16.5. The smallest absolute Gasteiger partial charge is 0.251 e. The molecule has 8 nitrogen and oxygen atoms in total. The van der Waals surface area contributed by atoms with E-state index in [0.29, 0.717) is 23.9 Å². The molecule has 2 aromatic heterocycles. The largest absolute Gasteiger partial charge is 0.352 e. The van der Waals surface area contributed by atoms with E-state index in [1.807, 2.05) is 38.2 Å². The predicted octanol–water partition coefficient (Wildman–Crippen LogP) is 3.49. The van der Waals surface area contributed by atoms with Gasteiger partial charge in [-0.1, -0.05) is 24.8 Å². The van der Waals surface area contributed by atoms with Crippen molar-refractivity contribution in [3.63, 3.8) is 0 Å². The molecule has 146 valence electrons. The molecular weight excluding hydrogens is 366 g/mol. The van der Waals surface area contributed by atoms with E-state index in [4.69, 9.17) is 0 Å². The SMILES string of the molecule is C=Cc1c(Nc2nc(-c3ccc(C(=O)NCC)cc3)nn2C)ccc2[nH]ncc12. The molecule has 0 saturated carbocycles. The number of rotatable bonds is 6. The van der Waals surface area contributed by atoms with Crippen molar-refractivity contribution in [2.75, 3.05) is 11.9 Å². The Balaban J connectivity index is 1.62. The van der Waals surface area contributed by atoms with Crippen molar-refractivity contribution in [2.45, 2.75) is 6.92 Å². The monoisotopic (exact) mass is 387 g/mol. The molecule has 29 heavy (non-hydrogen) atoms. The summed E-state index contributed by atoms with van der Waals surface area (Å²) < 4.78 is 1.68. The van der Waals surface area contributed by atoms with Gasteiger partial charge in [0.2, 0.25) is 5.95 Å². The summed E-state index contributed by atoms with van der Waals surface area (Å²) in [6.45, 7) is 6.40. The number of nitrogens with zero attached hydrogens (tertiary/aromatic N) is 4. The van der Waals surface area contributed by atoms with Crippen LogP contribution in [0, 0.1) is 0 Å². The van der Waals surface area contributed by atoms with Crippen LogP contribution in [0.4, 0.5) is 11.6 Å². The third-order valence-corrected chi connectivity index (χ3v) is 4.62. The molecule has 0 radical (unpaired) electrons. The molecule has 0 atom stereocenters. The summed E-state index contributed by atoms with van der Waals surface area (Å²) in [6.07, 6.45) is 3.56. The third-order valence-electron chi connectivity index (χ3n) is 4.62. The Kier molecular flexibility index (Phi) is 4.82. The van der Waals surface area contributed by atoms with Crippen LogP contribution in [0.5, 0.6) is 0 Å². The van der Waals surface area contributed by atoms with E-state index >= 15 is 0 Å². The summed E-state index contributed by atoms with van der Waals surface area (Å²) >= 11 is 0. The molecule has 0 unspecified atom stereocenters. The quantitative estimate of drug-likeness (QED) is 0.470. The molecule has 0 aliphatic rings. The summed E-state index contributed by atoms with van der Waals surface area (Å²) in [7, 11) is 1.83. The van der Waals surface area contributed by atoms with Gasteiger partial charge in [0.15, 0.2) is 5.82 Å². The van der Waals surface area contributed by atoms with Gasteiger partial charge in [-0.25, -0.2) is 4.68 Å². The van der Waals surface area contributed by atoms with Gasteiger partial charge in [0.05, 0.1) is 11.7 Å². The second kappa shape index (κ2) is 7.59. The molecule has 3 N–H and O–H groups in total. The molecule has 0 saturated heterocycles. The van der Waals surface area contributed by atoms with Crippen molar-refractivity contribution >= 4 is 34.5 Å². The van der Waals surface area contributed by atoms with Crippen LogP contribution < -0.4 is 10.6 Å². The number of hydrogen-bond donors (Lipinski definition) is 3. The van der Waals surface area contributed by atoms with Crippen LogP contribution in [0.25, 0.3) is 28.4 Å². The maximum atomic E-state index is 11.9. The number of nitrogens with one attached hydrogen (secondary N) is 3. The van der Waals surface area contributed by atoms with Crippen molar-refractivity contribution in [1.29, 1.82) is 0 Å². The van der Waals surface area contributed by atoms with Crippen LogP contribution in [0.15, 0.2) is 49.2 Å². The van der Waals surface area contributed by atoms with Crippen LogP contribution in [0.2, 0.25) is 0 Å². The van der Waals surface area contributed by atoms with Gasteiger partial charge in [0, 0.05) is 41.4 Å². The first kappa shape index (κ1) is 18.4. The summed E-state index contributed by atoms with van der Waals surface area (Å²) in [6, 6.07) is 11.1. The molecular formula is C21H21N7O. The topological polar surface area (TPSA) is 101 Å². The van der Waals surface area contributed by atoms with Crippen molar-refractivity contribution in [3.05, 3.63) is 60.3 Å². The van der Waals surface area contributed by atoms with E-state index in [9.17, 15) is 4.79 Å². The van der Waals surface area contributed by atoms with Gasteiger partial charge < -0.3 is 10.6 Å². The standard InChI is InChI=1S/C21H21N7O/c1-4-15-16-12-23-26-18(16)11-10-17(15)24-21-25-19(27-28(21)3)13-6-8-14(9-7-13)20(29)22-5-2/h4,6-12H,1,5H2,2-3H3,(H,22,29)(H,23,26)(H,24,25,27). The fourth-order valence-electron chi connectivity index (χ4n) is 3.14. The number of aryl methyl sites for hydroxylation is 1. The highest BCUT2D eigenvalue weighted by atomic mass is 16.1. The van der Waals surface area contributed by atoms with E-state index in [-0.39, 0.29) is 5.91 Å². The van der Waals surface area contributed by atoms with Gasteiger partial charge in [-0.15, -0.1) is 5.10 Å². The van der Waals surface area contributed by atoms with Gasteiger partial charge in [0.25, 0.3) is 5.91 Å². The van der Waals surface area contributed by atoms with Crippen LogP contribution in [-0.2, 0) is 7.05 Å². The Morgan fingerprint density at radius 1 is 1.24 bits per heavy atom. The zero-order valence-corrected chi connectivity index (χ0v) is 16.2. The number of H-pyrrole nitrogens is 1. The molecule has 0 fully saturated rings. The zero-order chi connectivity index (χ0) is 20.4. The molecule has 4 rings (SSSR count). The lowest BCUT2D eigenvalue weighted by Gasteiger charge is -2.09. The Morgan fingerprint density at radius 2 is 2.03 bits per heavy atom. The van der Waals surface area contributed by atoms with Crippen molar-refractivity contribution in [3.8, 4) is 11.4 Å². The summed E-state index contributed by atoms with van der Waals surface area (Å²) in [5.74, 6) is 1.07. The highest BCUT2D eigenvalue weighted by Crippen LogP contribution is 2.28. The molecule has 2 aromatic carbocycles. The number of aromatic nitrogens is 5. The molecule has 4 aromatic rings. The minimum absolute atomic E-state index is 0.0954. The second-order valence-corrected chi connectivity index (χ2v) is 6.51. The first-order valence-electron chi connectivity index (χ1n) is 9.26. The summed E-state index contributed by atoms with van der Waals surface area (Å²) in [5.41, 5.74) is 4.18. The van der Waals surface area contributed by atoms with Crippen LogP contribution in [-0.4, -0.2) is 37.4 Å². The molecule has 0 spiro atoms. The highest BCUT2D eigenvalue weighted by Gasteiger charge is 2.13. The molecule has 0 bridgehead atoms.